The van der Waals surface area contributed by atoms with Crippen molar-refractivity contribution in [2.75, 3.05) is 0 Å². The summed E-state index contributed by atoms with van der Waals surface area (Å²) in [5, 5.41) is 16.8. The number of rotatable bonds is 0. The maximum atomic E-state index is 8.63. The van der Waals surface area contributed by atoms with Crippen LogP contribution in [0.1, 0.15) is 93.9 Å². The van der Waals surface area contributed by atoms with Gasteiger partial charge in [0.05, 0.1) is 0 Å². The molecular formula is C40H56O. The lowest BCUT2D eigenvalue weighted by Crippen LogP contribution is -2.38. The highest BCUT2D eigenvalue weighted by atomic mass is 16.3. The third-order valence-corrected chi connectivity index (χ3v) is 8.15. The molecule has 41 heavy (non-hydrogen) atoms. The highest BCUT2D eigenvalue weighted by molar-refractivity contribution is 6.22. The first-order chi connectivity index (χ1) is 20.2. The van der Waals surface area contributed by atoms with Gasteiger partial charge in [0.2, 0.25) is 0 Å². The Balaban J connectivity index is 0.000000204. The highest BCUT2D eigenvalue weighted by Gasteiger charge is 2.41. The first-order valence-electron chi connectivity index (χ1n) is 16.6. The first kappa shape index (κ1) is 34.1. The lowest BCUT2D eigenvalue weighted by atomic mass is 9.56. The number of benzene rings is 5. The Morgan fingerprint density at radius 3 is 0.854 bits per heavy atom. The fourth-order valence-corrected chi connectivity index (χ4v) is 7.08. The van der Waals surface area contributed by atoms with Crippen molar-refractivity contribution in [3.8, 4) is 5.75 Å². The molecule has 9 rings (SSSR count). The normalized spacial score (nSPS) is 20.7. The Morgan fingerprint density at radius 2 is 0.634 bits per heavy atom. The number of para-hydroxylation sites is 1. The van der Waals surface area contributed by atoms with Gasteiger partial charge in [0.1, 0.15) is 5.75 Å². The standard InChI is InChI=1S/C16H10.C10H16.C6H6O.4C2H6/c1-3-11-7-9-13-5-2-6-14-10-8-12(4-1)15(11)16(13)14;1-7-2-9-4-8(1)5-10(3-7)6-9;7-6-4-2-1-3-5-6;4*1-2/h1-10H;7-10H,1-6H2;1-5,7H;4*1-2H3. The third kappa shape index (κ3) is 8.96. The van der Waals surface area contributed by atoms with Crippen LogP contribution in [0.3, 0.4) is 0 Å². The predicted octanol–water partition coefficient (Wildman–Crippen LogP) is 12.9. The Kier molecular flexibility index (Phi) is 15.3. The molecule has 0 aliphatic heterocycles. The van der Waals surface area contributed by atoms with E-state index in [1.807, 2.05) is 61.5 Å². The molecule has 0 amide bonds. The molecule has 0 aromatic heterocycles. The van der Waals surface area contributed by atoms with Crippen molar-refractivity contribution in [2.24, 2.45) is 23.7 Å². The largest absolute Gasteiger partial charge is 0.508 e. The summed E-state index contributed by atoms with van der Waals surface area (Å²) in [6, 6.07) is 30.6. The van der Waals surface area contributed by atoms with Crippen molar-refractivity contribution in [1.82, 2.24) is 0 Å². The topological polar surface area (TPSA) is 20.2 Å². The summed E-state index contributed by atoms with van der Waals surface area (Å²) in [5.74, 6) is 5.03. The quantitative estimate of drug-likeness (QED) is 0.189. The van der Waals surface area contributed by atoms with Crippen molar-refractivity contribution < 1.29 is 5.11 Å². The average molecular weight is 553 g/mol. The summed E-state index contributed by atoms with van der Waals surface area (Å²) < 4.78 is 0. The summed E-state index contributed by atoms with van der Waals surface area (Å²) in [6.45, 7) is 16.0. The van der Waals surface area contributed by atoms with Crippen LogP contribution in [0, 0.1) is 23.7 Å². The Morgan fingerprint density at radius 1 is 0.366 bits per heavy atom. The number of hydrogen-bond acceptors (Lipinski definition) is 1. The van der Waals surface area contributed by atoms with E-state index in [2.05, 4.69) is 60.7 Å². The SMILES string of the molecule is C1C2CC3CC1CC(C2)C3.CC.CC.CC.CC.Oc1ccccc1.c1cc2ccc3cccc4ccc(c1)c2c34. The minimum Gasteiger partial charge on any atom is -0.508 e. The molecule has 4 saturated carbocycles. The summed E-state index contributed by atoms with van der Waals surface area (Å²) in [6.07, 6.45) is 9.62. The smallest absolute Gasteiger partial charge is 0.115 e. The van der Waals surface area contributed by atoms with Gasteiger partial charge in [-0.1, -0.05) is 134 Å². The lowest BCUT2D eigenvalue weighted by molar-refractivity contribution is 0.0198. The molecule has 1 N–H and O–H groups in total. The first-order valence-corrected chi connectivity index (χ1v) is 16.6. The average Bonchev–Trinajstić information content (AvgIpc) is 3.04. The molecule has 0 saturated heterocycles. The van der Waals surface area contributed by atoms with Crippen molar-refractivity contribution >= 4 is 32.3 Å². The lowest BCUT2D eigenvalue weighted by Gasteiger charge is -2.49. The van der Waals surface area contributed by atoms with Gasteiger partial charge in [-0.05, 0) is 107 Å². The van der Waals surface area contributed by atoms with Crippen LogP contribution < -0.4 is 0 Å². The number of hydrogen-bond donors (Lipinski definition) is 1. The molecule has 4 aliphatic carbocycles. The van der Waals surface area contributed by atoms with E-state index in [0.717, 1.165) is 0 Å². The van der Waals surface area contributed by atoms with E-state index in [1.165, 1.54) is 56.0 Å². The maximum absolute atomic E-state index is 8.63. The van der Waals surface area contributed by atoms with Crippen molar-refractivity contribution in [3.63, 3.8) is 0 Å². The van der Waals surface area contributed by atoms with Crippen LogP contribution in [0.25, 0.3) is 32.3 Å². The van der Waals surface area contributed by atoms with E-state index >= 15 is 0 Å². The third-order valence-electron chi connectivity index (χ3n) is 8.15. The van der Waals surface area contributed by atoms with Crippen LogP contribution in [0.5, 0.6) is 5.75 Å². The molecule has 4 fully saturated rings. The summed E-state index contributed by atoms with van der Waals surface area (Å²) >= 11 is 0. The Labute approximate surface area is 251 Å². The maximum Gasteiger partial charge on any atom is 0.115 e. The van der Waals surface area contributed by atoms with Gasteiger partial charge in [-0.3, -0.25) is 0 Å². The summed E-state index contributed by atoms with van der Waals surface area (Å²) in [7, 11) is 0. The van der Waals surface area contributed by atoms with Crippen LogP contribution in [-0.4, -0.2) is 5.11 Å². The zero-order valence-corrected chi connectivity index (χ0v) is 27.2. The van der Waals surface area contributed by atoms with Gasteiger partial charge in [0.25, 0.3) is 0 Å². The fraction of sp³-hybridized carbons (Fsp3) is 0.450. The van der Waals surface area contributed by atoms with E-state index in [0.29, 0.717) is 5.75 Å². The summed E-state index contributed by atoms with van der Waals surface area (Å²) in [4.78, 5) is 0. The molecule has 0 spiro atoms. The zero-order valence-electron chi connectivity index (χ0n) is 27.2. The molecule has 5 aromatic carbocycles. The Hall–Kier alpha value is -3.06. The molecule has 4 aliphatic rings. The molecule has 5 aromatic rings. The minimum absolute atomic E-state index is 0.322. The van der Waals surface area contributed by atoms with Gasteiger partial charge in [-0.15, -0.1) is 0 Å². The van der Waals surface area contributed by atoms with Crippen LogP contribution >= 0.6 is 0 Å². The summed E-state index contributed by atoms with van der Waals surface area (Å²) in [5.41, 5.74) is 0. The van der Waals surface area contributed by atoms with Crippen LogP contribution in [-0.2, 0) is 0 Å². The van der Waals surface area contributed by atoms with Crippen LogP contribution in [0.4, 0.5) is 0 Å². The van der Waals surface area contributed by atoms with Crippen molar-refractivity contribution in [1.29, 1.82) is 0 Å². The number of aromatic hydroxyl groups is 1. The van der Waals surface area contributed by atoms with E-state index in [9.17, 15) is 0 Å². The van der Waals surface area contributed by atoms with Gasteiger partial charge >= 0.3 is 0 Å². The molecule has 222 valence electrons. The molecule has 0 atom stereocenters. The predicted molar refractivity (Wildman–Crippen MR) is 185 cm³/mol. The molecule has 1 heteroatoms. The minimum atomic E-state index is 0.322. The number of phenols is 1. The highest BCUT2D eigenvalue weighted by Crippen LogP contribution is 2.53. The fourth-order valence-electron chi connectivity index (χ4n) is 7.08. The van der Waals surface area contributed by atoms with Crippen LogP contribution in [0.15, 0.2) is 91.0 Å². The van der Waals surface area contributed by atoms with Gasteiger partial charge in [0, 0.05) is 0 Å². The molecule has 1 nitrogen and oxygen atoms in total. The molecule has 0 radical (unpaired) electrons. The second-order valence-electron chi connectivity index (χ2n) is 10.5. The monoisotopic (exact) mass is 552 g/mol. The Bertz CT molecular complexity index is 1170. The molecule has 0 unspecified atom stereocenters. The van der Waals surface area contributed by atoms with Crippen molar-refractivity contribution in [3.05, 3.63) is 91.0 Å². The van der Waals surface area contributed by atoms with E-state index < -0.39 is 0 Å². The molecule has 4 bridgehead atoms. The van der Waals surface area contributed by atoms with E-state index in [4.69, 9.17) is 5.11 Å². The van der Waals surface area contributed by atoms with Gasteiger partial charge in [0.15, 0.2) is 0 Å². The molecule has 0 heterocycles. The second-order valence-corrected chi connectivity index (χ2v) is 10.5. The van der Waals surface area contributed by atoms with E-state index in [-0.39, 0.29) is 0 Å². The zero-order chi connectivity index (χ0) is 30.2. The van der Waals surface area contributed by atoms with Crippen molar-refractivity contribution in [2.45, 2.75) is 93.9 Å². The molecular weight excluding hydrogens is 496 g/mol. The number of phenolic OH excluding ortho intramolecular Hbond substituents is 1. The van der Waals surface area contributed by atoms with Gasteiger partial charge < -0.3 is 5.11 Å². The van der Waals surface area contributed by atoms with Gasteiger partial charge in [-0.2, -0.15) is 0 Å². The van der Waals surface area contributed by atoms with Crippen LogP contribution in [0.2, 0.25) is 0 Å². The van der Waals surface area contributed by atoms with E-state index in [1.54, 1.807) is 62.8 Å². The van der Waals surface area contributed by atoms with Gasteiger partial charge in [-0.25, -0.2) is 0 Å². The second kappa shape index (κ2) is 18.4.